The molecule has 1 rings (SSSR count). The molecule has 0 aromatic heterocycles. The molecule has 0 saturated carbocycles. The fraction of sp³-hybridized carbons (Fsp3) is 0.733. The van der Waals surface area contributed by atoms with Crippen LogP contribution in [0.25, 0.3) is 0 Å². The number of rotatable bonds is 4. The van der Waals surface area contributed by atoms with Gasteiger partial charge in [0.2, 0.25) is 0 Å². The summed E-state index contributed by atoms with van der Waals surface area (Å²) < 4.78 is 23.1. The second kappa shape index (κ2) is 5.67. The highest BCUT2D eigenvalue weighted by Gasteiger charge is 2.31. The maximum Gasteiger partial charge on any atom is 0.0653 e. The van der Waals surface area contributed by atoms with E-state index in [1.165, 1.54) is 5.57 Å². The van der Waals surface area contributed by atoms with Crippen molar-refractivity contribution in [3.05, 3.63) is 23.3 Å². The Bertz CT molecular complexity index is 364. The fourth-order valence-corrected chi connectivity index (χ4v) is 2.18. The molecule has 0 aromatic rings. The van der Waals surface area contributed by atoms with Crippen molar-refractivity contribution in [2.75, 3.05) is 0 Å². The van der Waals surface area contributed by atoms with E-state index in [9.17, 15) is 5.11 Å². The molecule has 0 radical (unpaired) electrons. The number of hydrogen-bond donors (Lipinski definition) is 1. The standard InChI is InChI=1S/C15H26O/c1-12(2)6-5-11-15(4,16)14-9-7-13(3)8-10-14/h6-7,14,16H,5,8-11H2,1-4H3/t14-,15?/m0/s1/i4D3. The molecule has 0 bridgehead atoms. The van der Waals surface area contributed by atoms with Gasteiger partial charge in [-0.2, -0.15) is 0 Å². The summed E-state index contributed by atoms with van der Waals surface area (Å²) in [7, 11) is 0. The maximum atomic E-state index is 10.8. The Kier molecular flexibility index (Phi) is 3.36. The van der Waals surface area contributed by atoms with E-state index >= 15 is 0 Å². The van der Waals surface area contributed by atoms with E-state index in [0.717, 1.165) is 18.4 Å². The molecule has 1 aliphatic carbocycles. The van der Waals surface area contributed by atoms with Crippen molar-refractivity contribution in [1.29, 1.82) is 0 Å². The number of allylic oxidation sites excluding steroid dienone is 4. The molecule has 0 saturated heterocycles. The highest BCUT2D eigenvalue weighted by atomic mass is 16.3. The van der Waals surface area contributed by atoms with Crippen molar-refractivity contribution in [3.8, 4) is 0 Å². The lowest BCUT2D eigenvalue weighted by molar-refractivity contribution is -0.0122. The number of aliphatic hydroxyl groups is 1. The van der Waals surface area contributed by atoms with Gasteiger partial charge in [-0.1, -0.05) is 23.3 Å². The van der Waals surface area contributed by atoms with Gasteiger partial charge >= 0.3 is 0 Å². The molecule has 1 unspecified atom stereocenters. The molecule has 0 aromatic carbocycles. The van der Waals surface area contributed by atoms with Crippen LogP contribution in [0.2, 0.25) is 0 Å². The smallest absolute Gasteiger partial charge is 0.0653 e. The largest absolute Gasteiger partial charge is 0.390 e. The van der Waals surface area contributed by atoms with Gasteiger partial charge in [-0.05, 0) is 65.6 Å². The quantitative estimate of drug-likeness (QED) is 0.710. The molecule has 0 amide bonds. The van der Waals surface area contributed by atoms with Gasteiger partial charge in [0.25, 0.3) is 0 Å². The molecular formula is C15H26O. The predicted molar refractivity (Wildman–Crippen MR) is 70.4 cm³/mol. The minimum absolute atomic E-state index is 0.158. The van der Waals surface area contributed by atoms with E-state index in [1.807, 2.05) is 19.9 Å². The van der Waals surface area contributed by atoms with Crippen LogP contribution in [-0.2, 0) is 0 Å². The monoisotopic (exact) mass is 225 g/mol. The van der Waals surface area contributed by atoms with Crippen LogP contribution in [0, 0.1) is 5.92 Å². The van der Waals surface area contributed by atoms with Crippen molar-refractivity contribution >= 4 is 0 Å². The van der Waals surface area contributed by atoms with Crippen LogP contribution >= 0.6 is 0 Å². The molecule has 0 heterocycles. The molecule has 0 spiro atoms. The highest BCUT2D eigenvalue weighted by Crippen LogP contribution is 2.34. The SMILES string of the molecule is [2H]C([2H])([2H])C(O)(CCC=C(C)C)[C@H]1CC=C(C)CC1. The summed E-state index contributed by atoms with van der Waals surface area (Å²) in [4.78, 5) is 0. The normalized spacial score (nSPS) is 28.1. The Labute approximate surface area is 104 Å². The van der Waals surface area contributed by atoms with Crippen molar-refractivity contribution < 1.29 is 9.22 Å². The fourth-order valence-electron chi connectivity index (χ4n) is 2.18. The van der Waals surface area contributed by atoms with Gasteiger partial charge in [0.15, 0.2) is 0 Å². The minimum atomic E-state index is -2.31. The Hall–Kier alpha value is -0.560. The molecule has 1 aliphatic rings. The van der Waals surface area contributed by atoms with E-state index in [2.05, 4.69) is 13.0 Å². The summed E-state index contributed by atoms with van der Waals surface area (Å²) in [6.07, 6.45) is 7.35. The summed E-state index contributed by atoms with van der Waals surface area (Å²) in [5.74, 6) is -0.158. The summed E-state index contributed by atoms with van der Waals surface area (Å²) in [5.41, 5.74) is 0.900. The lowest BCUT2D eigenvalue weighted by Crippen LogP contribution is -2.35. The lowest BCUT2D eigenvalue weighted by Gasteiger charge is -2.34. The molecule has 2 atom stereocenters. The second-order valence-electron chi connectivity index (χ2n) is 5.27. The summed E-state index contributed by atoms with van der Waals surface area (Å²) in [6.45, 7) is 3.72. The first kappa shape index (κ1) is 9.47. The first-order chi connectivity index (χ1) is 8.67. The summed E-state index contributed by atoms with van der Waals surface area (Å²) in [5, 5.41) is 10.8. The van der Waals surface area contributed by atoms with Crippen LogP contribution in [0.5, 0.6) is 0 Å². The van der Waals surface area contributed by atoms with Gasteiger partial charge in [-0.15, -0.1) is 0 Å². The van der Waals surface area contributed by atoms with Crippen LogP contribution in [0.1, 0.15) is 63.8 Å². The van der Waals surface area contributed by atoms with Crippen molar-refractivity contribution in [2.45, 2.75) is 65.3 Å². The highest BCUT2D eigenvalue weighted by molar-refractivity contribution is 5.06. The molecule has 0 fully saturated rings. The van der Waals surface area contributed by atoms with Crippen LogP contribution < -0.4 is 0 Å². The Morgan fingerprint density at radius 3 is 2.94 bits per heavy atom. The Morgan fingerprint density at radius 1 is 1.69 bits per heavy atom. The summed E-state index contributed by atoms with van der Waals surface area (Å²) >= 11 is 0. The third-order valence-corrected chi connectivity index (χ3v) is 3.39. The van der Waals surface area contributed by atoms with Gasteiger partial charge in [0.05, 0.1) is 5.60 Å². The Morgan fingerprint density at radius 2 is 2.44 bits per heavy atom. The lowest BCUT2D eigenvalue weighted by atomic mass is 9.76. The van der Waals surface area contributed by atoms with Crippen LogP contribution in [0.4, 0.5) is 0 Å². The van der Waals surface area contributed by atoms with Gasteiger partial charge in [0, 0.05) is 4.11 Å². The van der Waals surface area contributed by atoms with Gasteiger partial charge in [-0.25, -0.2) is 0 Å². The molecule has 1 heteroatoms. The molecule has 1 N–H and O–H groups in total. The molecule has 92 valence electrons. The zero-order valence-electron chi connectivity index (χ0n) is 13.7. The van der Waals surface area contributed by atoms with E-state index < -0.39 is 12.5 Å². The minimum Gasteiger partial charge on any atom is -0.390 e. The van der Waals surface area contributed by atoms with Crippen LogP contribution in [0.3, 0.4) is 0 Å². The zero-order valence-corrected chi connectivity index (χ0v) is 10.7. The summed E-state index contributed by atoms with van der Waals surface area (Å²) in [6, 6.07) is 0. The molecular weight excluding hydrogens is 196 g/mol. The van der Waals surface area contributed by atoms with Crippen LogP contribution in [0.15, 0.2) is 23.3 Å². The van der Waals surface area contributed by atoms with Gasteiger partial charge in [0.1, 0.15) is 0 Å². The zero-order chi connectivity index (χ0) is 14.7. The van der Waals surface area contributed by atoms with Crippen LogP contribution in [-0.4, -0.2) is 10.7 Å². The van der Waals surface area contributed by atoms with Gasteiger partial charge in [-0.3, -0.25) is 0 Å². The Balaban J connectivity index is 2.85. The number of hydrogen-bond acceptors (Lipinski definition) is 1. The predicted octanol–water partition coefficient (Wildman–Crippen LogP) is 4.23. The van der Waals surface area contributed by atoms with Gasteiger partial charge < -0.3 is 5.11 Å². The third kappa shape index (κ3) is 4.13. The van der Waals surface area contributed by atoms with Crippen molar-refractivity contribution in [3.63, 3.8) is 0 Å². The molecule has 16 heavy (non-hydrogen) atoms. The molecule has 1 nitrogen and oxygen atoms in total. The van der Waals surface area contributed by atoms with E-state index in [4.69, 9.17) is 4.11 Å². The topological polar surface area (TPSA) is 20.2 Å². The van der Waals surface area contributed by atoms with E-state index in [1.54, 1.807) is 0 Å². The second-order valence-corrected chi connectivity index (χ2v) is 5.27. The first-order valence-electron chi connectivity index (χ1n) is 7.68. The first-order valence-corrected chi connectivity index (χ1v) is 6.18. The third-order valence-electron chi connectivity index (χ3n) is 3.39. The van der Waals surface area contributed by atoms with E-state index in [0.29, 0.717) is 19.3 Å². The average molecular weight is 225 g/mol. The maximum absolute atomic E-state index is 10.8. The van der Waals surface area contributed by atoms with Crippen molar-refractivity contribution in [2.24, 2.45) is 5.92 Å². The molecule has 0 aliphatic heterocycles. The van der Waals surface area contributed by atoms with E-state index in [-0.39, 0.29) is 5.92 Å². The van der Waals surface area contributed by atoms with Crippen molar-refractivity contribution in [1.82, 2.24) is 0 Å². The average Bonchev–Trinajstić information content (AvgIpc) is 2.27.